The van der Waals surface area contributed by atoms with Crippen LogP contribution in [0.15, 0.2) is 33.8 Å². The van der Waals surface area contributed by atoms with Crippen molar-refractivity contribution in [2.45, 2.75) is 37.6 Å². The molecule has 2 fully saturated rings. The number of halogens is 1. The molecule has 0 amide bonds. The van der Waals surface area contributed by atoms with Gasteiger partial charge in [-0.05, 0) is 49.9 Å². The molecule has 0 aromatic heterocycles. The second-order valence-electron chi connectivity index (χ2n) is 6.04. The molecule has 1 saturated carbocycles. The number of nitriles is 1. The number of benzene rings is 1. The minimum absolute atomic E-state index is 0.0806. The van der Waals surface area contributed by atoms with Crippen LogP contribution in [0.1, 0.15) is 32.1 Å². The maximum Gasteiger partial charge on any atom is 0.0979 e. The summed E-state index contributed by atoms with van der Waals surface area (Å²) in [6.07, 6.45) is 5.43. The zero-order valence-corrected chi connectivity index (χ0v) is 13.4. The van der Waals surface area contributed by atoms with E-state index in [2.05, 4.69) is 39.1 Å². The summed E-state index contributed by atoms with van der Waals surface area (Å²) < 4.78 is 1.07. The van der Waals surface area contributed by atoms with E-state index in [1.165, 1.54) is 18.6 Å². The second-order valence-corrected chi connectivity index (χ2v) is 6.95. The lowest BCUT2D eigenvalue weighted by molar-refractivity contribution is 0.170. The number of hydrazine groups is 1. The highest BCUT2D eigenvalue weighted by Crippen LogP contribution is 2.49. The van der Waals surface area contributed by atoms with Gasteiger partial charge in [0, 0.05) is 11.0 Å². The monoisotopic (exact) mass is 344 g/mol. The zero-order valence-electron chi connectivity index (χ0n) is 11.8. The van der Waals surface area contributed by atoms with Gasteiger partial charge in [-0.1, -0.05) is 22.4 Å². The van der Waals surface area contributed by atoms with E-state index in [0.29, 0.717) is 0 Å². The van der Waals surface area contributed by atoms with Crippen molar-refractivity contribution in [3.63, 3.8) is 0 Å². The average Bonchev–Trinajstić information content (AvgIpc) is 3.01. The third-order valence-corrected chi connectivity index (χ3v) is 5.57. The van der Waals surface area contributed by atoms with Crippen LogP contribution in [0.5, 0.6) is 0 Å². The Kier molecular flexibility index (Phi) is 3.05. The van der Waals surface area contributed by atoms with Gasteiger partial charge in [0.15, 0.2) is 0 Å². The Balaban J connectivity index is 1.77. The number of hydrogen-bond donors (Lipinski definition) is 0. The fourth-order valence-corrected chi connectivity index (χ4v) is 4.35. The van der Waals surface area contributed by atoms with Gasteiger partial charge in [-0.25, -0.2) is 0 Å². The fraction of sp³-hybridized carbons (Fsp3) is 0.500. The number of rotatable bonds is 1. The summed E-state index contributed by atoms with van der Waals surface area (Å²) in [5.74, 6) is 0.0806. The van der Waals surface area contributed by atoms with Crippen molar-refractivity contribution in [1.82, 2.24) is 5.01 Å². The molecule has 108 valence electrons. The molecule has 4 nitrogen and oxygen atoms in total. The maximum absolute atomic E-state index is 9.58. The van der Waals surface area contributed by atoms with Crippen molar-refractivity contribution < 1.29 is 0 Å². The van der Waals surface area contributed by atoms with Crippen LogP contribution in [0.3, 0.4) is 0 Å². The molecular formula is C16H17BrN4. The number of hydrogen-bond acceptors (Lipinski definition) is 4. The Morgan fingerprint density at radius 2 is 2.10 bits per heavy atom. The van der Waals surface area contributed by atoms with E-state index < -0.39 is 0 Å². The van der Waals surface area contributed by atoms with Gasteiger partial charge in [0.1, 0.15) is 0 Å². The van der Waals surface area contributed by atoms with Crippen LogP contribution in [-0.2, 0) is 0 Å². The molecule has 1 aromatic rings. The van der Waals surface area contributed by atoms with Crippen molar-refractivity contribution in [1.29, 1.82) is 5.26 Å². The van der Waals surface area contributed by atoms with Crippen LogP contribution in [0.25, 0.3) is 0 Å². The topological polar surface area (TPSA) is 42.6 Å². The van der Waals surface area contributed by atoms with Crippen LogP contribution in [0.2, 0.25) is 0 Å². The van der Waals surface area contributed by atoms with Crippen LogP contribution in [-0.4, -0.2) is 22.8 Å². The molecular weight excluding hydrogens is 328 g/mol. The van der Waals surface area contributed by atoms with Crippen molar-refractivity contribution >= 4 is 27.3 Å². The van der Waals surface area contributed by atoms with E-state index in [1.54, 1.807) is 0 Å². The highest BCUT2D eigenvalue weighted by atomic mass is 79.9. The fourth-order valence-electron chi connectivity index (χ4n) is 4.08. The van der Waals surface area contributed by atoms with Crippen molar-refractivity contribution in [3.8, 4) is 6.07 Å². The Labute approximate surface area is 133 Å². The zero-order chi connectivity index (χ0) is 14.4. The first-order valence-electron chi connectivity index (χ1n) is 7.56. The first-order chi connectivity index (χ1) is 10.3. The van der Waals surface area contributed by atoms with Crippen LogP contribution in [0, 0.1) is 17.2 Å². The third-order valence-electron chi connectivity index (χ3n) is 5.05. The lowest BCUT2D eigenvalue weighted by atomic mass is 9.73. The molecule has 5 heteroatoms. The van der Waals surface area contributed by atoms with Gasteiger partial charge in [0.25, 0.3) is 0 Å². The van der Waals surface area contributed by atoms with Gasteiger partial charge >= 0.3 is 0 Å². The SMILES string of the molecule is N#C[C@@H]1CCN2N(c3ccc(Br)cc3)N=C3CCCC[C@@]312. The molecule has 4 rings (SSSR count). The van der Waals surface area contributed by atoms with Crippen LogP contribution >= 0.6 is 15.9 Å². The van der Waals surface area contributed by atoms with Gasteiger partial charge in [-0.15, -0.1) is 0 Å². The lowest BCUT2D eigenvalue weighted by Crippen LogP contribution is -2.54. The molecule has 3 aliphatic rings. The molecule has 1 aromatic carbocycles. The summed E-state index contributed by atoms with van der Waals surface area (Å²) in [7, 11) is 0. The van der Waals surface area contributed by atoms with E-state index in [4.69, 9.17) is 5.10 Å². The summed E-state index contributed by atoms with van der Waals surface area (Å²) in [6.45, 7) is 0.918. The highest BCUT2D eigenvalue weighted by Gasteiger charge is 2.59. The molecule has 21 heavy (non-hydrogen) atoms. The summed E-state index contributed by atoms with van der Waals surface area (Å²) >= 11 is 3.48. The van der Waals surface area contributed by atoms with Crippen molar-refractivity contribution in [2.24, 2.45) is 11.0 Å². The molecule has 0 radical (unpaired) electrons. The molecule has 2 heterocycles. The summed E-state index contributed by atoms with van der Waals surface area (Å²) in [5.41, 5.74) is 2.18. The molecule has 0 unspecified atom stereocenters. The Hall–Kier alpha value is -1.38. The molecule has 0 N–H and O–H groups in total. The first kappa shape index (κ1) is 13.3. The van der Waals surface area contributed by atoms with Gasteiger partial charge in [-0.3, -0.25) is 0 Å². The molecule has 2 aliphatic heterocycles. The third kappa shape index (κ3) is 1.79. The number of hydrazone groups is 1. The normalized spacial score (nSPS) is 31.5. The molecule has 1 spiro atoms. The van der Waals surface area contributed by atoms with E-state index >= 15 is 0 Å². The molecule has 1 aliphatic carbocycles. The van der Waals surface area contributed by atoms with Gasteiger partial charge in [-0.2, -0.15) is 20.5 Å². The standard InChI is InChI=1S/C16H17BrN4/c17-13-4-6-14(7-5-13)21-19-15-3-1-2-9-16(15)12(11-18)8-10-20(16)21/h4-7,12H,1-3,8-10H2/t12-,16-/m0/s1. The summed E-state index contributed by atoms with van der Waals surface area (Å²) in [6, 6.07) is 10.8. The summed E-state index contributed by atoms with van der Waals surface area (Å²) in [5, 5.41) is 18.9. The Morgan fingerprint density at radius 3 is 2.86 bits per heavy atom. The van der Waals surface area contributed by atoms with E-state index in [0.717, 1.165) is 36.0 Å². The quantitative estimate of drug-likeness (QED) is 0.779. The van der Waals surface area contributed by atoms with Gasteiger partial charge in [0.05, 0.1) is 28.9 Å². The van der Waals surface area contributed by atoms with Gasteiger partial charge in [0.2, 0.25) is 0 Å². The lowest BCUT2D eigenvalue weighted by Gasteiger charge is -2.40. The predicted octanol–water partition coefficient (Wildman–Crippen LogP) is 3.70. The van der Waals surface area contributed by atoms with E-state index in [9.17, 15) is 5.26 Å². The number of nitrogens with zero attached hydrogens (tertiary/aromatic N) is 4. The molecule has 0 bridgehead atoms. The van der Waals surface area contributed by atoms with E-state index in [1.807, 2.05) is 17.3 Å². The van der Waals surface area contributed by atoms with Crippen molar-refractivity contribution in [3.05, 3.63) is 28.7 Å². The largest absolute Gasteiger partial charge is 0.198 e. The predicted molar refractivity (Wildman–Crippen MR) is 85.7 cm³/mol. The molecule has 2 atom stereocenters. The van der Waals surface area contributed by atoms with Crippen LogP contribution in [0.4, 0.5) is 5.69 Å². The average molecular weight is 345 g/mol. The van der Waals surface area contributed by atoms with E-state index in [-0.39, 0.29) is 11.5 Å². The van der Waals surface area contributed by atoms with Crippen LogP contribution < -0.4 is 5.12 Å². The Morgan fingerprint density at radius 1 is 1.29 bits per heavy atom. The number of anilines is 1. The smallest absolute Gasteiger partial charge is 0.0979 e. The second kappa shape index (κ2) is 4.82. The summed E-state index contributed by atoms with van der Waals surface area (Å²) in [4.78, 5) is 0. The molecule has 1 saturated heterocycles. The Bertz CT molecular complexity index is 633. The maximum atomic E-state index is 9.58. The minimum Gasteiger partial charge on any atom is -0.198 e. The minimum atomic E-state index is -0.125. The van der Waals surface area contributed by atoms with Gasteiger partial charge < -0.3 is 0 Å². The van der Waals surface area contributed by atoms with Crippen molar-refractivity contribution in [2.75, 3.05) is 11.7 Å². The first-order valence-corrected chi connectivity index (χ1v) is 8.36. The highest BCUT2D eigenvalue weighted by molar-refractivity contribution is 9.10.